The van der Waals surface area contributed by atoms with E-state index in [0.717, 1.165) is 16.5 Å². The van der Waals surface area contributed by atoms with Gasteiger partial charge < -0.3 is 30.4 Å². The maximum Gasteiger partial charge on any atom is 0.271 e. The van der Waals surface area contributed by atoms with Crippen molar-refractivity contribution in [1.29, 1.82) is 0 Å². The summed E-state index contributed by atoms with van der Waals surface area (Å²) in [6, 6.07) is 15.0. The molecule has 0 saturated carbocycles. The van der Waals surface area contributed by atoms with Crippen molar-refractivity contribution in [3.05, 3.63) is 65.9 Å². The Kier molecular flexibility index (Phi) is 7.65. The fourth-order valence-electron chi connectivity index (χ4n) is 5.65. The molecule has 1 aromatic heterocycles. The van der Waals surface area contributed by atoms with Crippen LogP contribution in [0.15, 0.2) is 54.6 Å². The van der Waals surface area contributed by atoms with Crippen molar-refractivity contribution in [2.45, 2.75) is 37.3 Å². The molecule has 0 aliphatic carbocycles. The van der Waals surface area contributed by atoms with E-state index in [1.807, 2.05) is 48.5 Å². The summed E-state index contributed by atoms with van der Waals surface area (Å²) >= 11 is 0. The Morgan fingerprint density at radius 3 is 2.64 bits per heavy atom. The lowest BCUT2D eigenvalue weighted by molar-refractivity contribution is -0.132. The van der Waals surface area contributed by atoms with Crippen molar-refractivity contribution in [1.82, 2.24) is 20.5 Å². The second-order valence-electron chi connectivity index (χ2n) is 10.1. The molecule has 10 nitrogen and oxygen atoms in total. The van der Waals surface area contributed by atoms with Gasteiger partial charge in [-0.25, -0.2) is 0 Å². The Morgan fingerprint density at radius 2 is 1.95 bits per heavy atom. The van der Waals surface area contributed by atoms with Crippen LogP contribution in [0.1, 0.15) is 41.2 Å². The quantitative estimate of drug-likeness (QED) is 0.331. The van der Waals surface area contributed by atoms with Crippen LogP contribution in [0.5, 0.6) is 5.75 Å². The predicted octanol–water partition coefficient (Wildman–Crippen LogP) is 1.75. The summed E-state index contributed by atoms with van der Waals surface area (Å²) in [7, 11) is 1.56. The molecule has 204 valence electrons. The molecule has 4 N–H and O–H groups in total. The van der Waals surface area contributed by atoms with Crippen molar-refractivity contribution < 1.29 is 29.0 Å². The standard InChI is InChI=1S/C29H32N4O6/c1-39-26-9-5-8-21-20(26)14-23(31-21)29(38)33-15-19(17-6-3-2-4-7-17)13-24(33)28(37)32-22(25(35)16-34)12-18-10-11-30-27(18)36/h2-9,14,18-19,22,24,31,34H,10-13,15-16H2,1H3,(H,30,36)(H,32,37)/t18-,19+,22-,24-/m0/s1. The second kappa shape index (κ2) is 11.3. The summed E-state index contributed by atoms with van der Waals surface area (Å²) in [5.41, 5.74) is 2.07. The number of aromatic nitrogens is 1. The van der Waals surface area contributed by atoms with Crippen LogP contribution in [-0.2, 0) is 14.4 Å². The first-order valence-electron chi connectivity index (χ1n) is 13.1. The van der Waals surface area contributed by atoms with E-state index in [0.29, 0.717) is 37.4 Å². The number of fused-ring (bicyclic) bond motifs is 1. The van der Waals surface area contributed by atoms with E-state index >= 15 is 0 Å². The molecule has 0 spiro atoms. The number of aliphatic hydroxyl groups is 1. The lowest BCUT2D eigenvalue weighted by Crippen LogP contribution is -2.52. The van der Waals surface area contributed by atoms with Gasteiger partial charge in [-0.1, -0.05) is 36.4 Å². The number of hydrogen-bond acceptors (Lipinski definition) is 6. The maximum absolute atomic E-state index is 13.8. The zero-order valence-corrected chi connectivity index (χ0v) is 21.7. The number of hydrogen-bond donors (Lipinski definition) is 4. The Labute approximate surface area is 225 Å². The highest BCUT2D eigenvalue weighted by Crippen LogP contribution is 2.34. The van der Waals surface area contributed by atoms with Gasteiger partial charge in [0.05, 0.1) is 13.2 Å². The Balaban J connectivity index is 1.42. The zero-order valence-electron chi connectivity index (χ0n) is 21.7. The fraction of sp³-hybridized carbons (Fsp3) is 0.379. The number of methoxy groups -OCH3 is 1. The summed E-state index contributed by atoms with van der Waals surface area (Å²) in [5.74, 6) is -1.45. The maximum atomic E-state index is 13.8. The highest BCUT2D eigenvalue weighted by molar-refractivity contribution is 6.02. The third-order valence-electron chi connectivity index (χ3n) is 7.75. The number of ether oxygens (including phenoxy) is 1. The highest BCUT2D eigenvalue weighted by Gasteiger charge is 2.42. The van der Waals surface area contributed by atoms with Gasteiger partial charge >= 0.3 is 0 Å². The summed E-state index contributed by atoms with van der Waals surface area (Å²) < 4.78 is 5.43. The molecule has 5 rings (SSSR count). The summed E-state index contributed by atoms with van der Waals surface area (Å²) in [5, 5.41) is 15.8. The Hall–Kier alpha value is -4.18. The topological polar surface area (TPSA) is 141 Å². The number of H-pyrrole nitrogens is 1. The minimum Gasteiger partial charge on any atom is -0.496 e. The molecule has 10 heteroatoms. The van der Waals surface area contributed by atoms with Crippen molar-refractivity contribution in [3.8, 4) is 5.75 Å². The lowest BCUT2D eigenvalue weighted by Gasteiger charge is -2.26. The number of carbonyl (C=O) groups is 4. The molecule has 2 fully saturated rings. The predicted molar refractivity (Wildman–Crippen MR) is 143 cm³/mol. The number of amides is 3. The van der Waals surface area contributed by atoms with Gasteiger partial charge in [0, 0.05) is 35.8 Å². The van der Waals surface area contributed by atoms with Crippen LogP contribution in [0.25, 0.3) is 10.9 Å². The van der Waals surface area contributed by atoms with E-state index in [9.17, 15) is 24.3 Å². The van der Waals surface area contributed by atoms with Gasteiger partial charge in [0.1, 0.15) is 24.1 Å². The summed E-state index contributed by atoms with van der Waals surface area (Å²) in [6.07, 6.45) is 1.02. The molecule has 0 unspecified atom stereocenters. The van der Waals surface area contributed by atoms with E-state index in [2.05, 4.69) is 15.6 Å². The number of nitrogens with one attached hydrogen (secondary N) is 3. The number of benzene rings is 2. The van der Waals surface area contributed by atoms with Gasteiger partial charge in [-0.3, -0.25) is 19.2 Å². The average Bonchev–Trinajstić information content (AvgIpc) is 3.70. The molecule has 3 aromatic rings. The SMILES string of the molecule is COc1cccc2[nH]c(C(=O)N3C[C@H](c4ccccc4)C[C@H]3C(=O)N[C@@H](C[C@@H]3CCNC3=O)C(=O)CO)cc12. The molecular weight excluding hydrogens is 500 g/mol. The van der Waals surface area contributed by atoms with E-state index in [1.165, 1.54) is 4.90 Å². The van der Waals surface area contributed by atoms with Gasteiger partial charge in [0.15, 0.2) is 5.78 Å². The molecule has 2 saturated heterocycles. The van der Waals surface area contributed by atoms with E-state index < -0.39 is 36.3 Å². The number of Topliss-reactive ketones (excluding diaryl/α,β-unsaturated/α-hetero) is 1. The monoisotopic (exact) mass is 532 g/mol. The molecule has 4 atom stereocenters. The fourth-order valence-corrected chi connectivity index (χ4v) is 5.65. The normalized spacial score (nSPS) is 21.5. The molecule has 3 heterocycles. The van der Waals surface area contributed by atoms with Crippen LogP contribution in [0.2, 0.25) is 0 Å². The first-order chi connectivity index (χ1) is 18.9. The molecule has 2 aromatic carbocycles. The van der Waals surface area contributed by atoms with Gasteiger partial charge in [-0.05, 0) is 43.0 Å². The first kappa shape index (κ1) is 26.4. The second-order valence-corrected chi connectivity index (χ2v) is 10.1. The molecule has 0 bridgehead atoms. The molecule has 39 heavy (non-hydrogen) atoms. The van der Waals surface area contributed by atoms with Gasteiger partial charge in [0.2, 0.25) is 11.8 Å². The van der Waals surface area contributed by atoms with E-state index in [4.69, 9.17) is 4.74 Å². The van der Waals surface area contributed by atoms with Crippen molar-refractivity contribution >= 4 is 34.4 Å². The van der Waals surface area contributed by atoms with Crippen LogP contribution >= 0.6 is 0 Å². The van der Waals surface area contributed by atoms with Crippen LogP contribution < -0.4 is 15.4 Å². The van der Waals surface area contributed by atoms with Crippen molar-refractivity contribution in [2.75, 3.05) is 26.8 Å². The molecule has 2 aliphatic rings. The number of ketones is 1. The first-order valence-corrected chi connectivity index (χ1v) is 13.1. The molecule has 3 amide bonds. The van der Waals surface area contributed by atoms with Crippen LogP contribution in [-0.4, -0.2) is 77.4 Å². The van der Waals surface area contributed by atoms with Crippen molar-refractivity contribution in [2.24, 2.45) is 5.92 Å². The summed E-state index contributed by atoms with van der Waals surface area (Å²) in [6.45, 7) is 0.0731. The smallest absolute Gasteiger partial charge is 0.271 e. The minimum absolute atomic E-state index is 0.0857. The highest BCUT2D eigenvalue weighted by atomic mass is 16.5. The van der Waals surface area contributed by atoms with Crippen LogP contribution in [0, 0.1) is 5.92 Å². The van der Waals surface area contributed by atoms with E-state index in [-0.39, 0.29) is 24.2 Å². The zero-order chi connectivity index (χ0) is 27.5. The number of likely N-dealkylation sites (tertiary alicyclic amines) is 1. The number of rotatable bonds is 9. The average molecular weight is 533 g/mol. The van der Waals surface area contributed by atoms with Crippen LogP contribution in [0.3, 0.4) is 0 Å². The van der Waals surface area contributed by atoms with Crippen molar-refractivity contribution in [3.63, 3.8) is 0 Å². The molecule has 0 radical (unpaired) electrons. The van der Waals surface area contributed by atoms with Gasteiger partial charge in [-0.15, -0.1) is 0 Å². The van der Waals surface area contributed by atoms with Gasteiger partial charge in [0.25, 0.3) is 5.91 Å². The molecule has 2 aliphatic heterocycles. The third kappa shape index (κ3) is 5.37. The Morgan fingerprint density at radius 1 is 1.15 bits per heavy atom. The van der Waals surface area contributed by atoms with Gasteiger partial charge in [-0.2, -0.15) is 0 Å². The van der Waals surface area contributed by atoms with Crippen LogP contribution in [0.4, 0.5) is 0 Å². The number of nitrogens with zero attached hydrogens (tertiary/aromatic N) is 1. The Bertz CT molecular complexity index is 1390. The molecular formula is C29H32N4O6. The largest absolute Gasteiger partial charge is 0.496 e. The summed E-state index contributed by atoms with van der Waals surface area (Å²) in [4.78, 5) is 56.8. The third-order valence-corrected chi connectivity index (χ3v) is 7.75. The number of carbonyl (C=O) groups excluding carboxylic acids is 4. The lowest BCUT2D eigenvalue weighted by atomic mass is 9.94. The minimum atomic E-state index is -1.03. The van der Waals surface area contributed by atoms with E-state index in [1.54, 1.807) is 13.2 Å². The number of aromatic amines is 1. The number of aliphatic hydroxyl groups excluding tert-OH is 1.